The van der Waals surface area contributed by atoms with Crippen molar-refractivity contribution in [2.45, 2.75) is 50.7 Å². The van der Waals surface area contributed by atoms with Crippen molar-refractivity contribution < 1.29 is 13.9 Å². The lowest BCUT2D eigenvalue weighted by Gasteiger charge is -2.35. The number of hydrogen-bond acceptors (Lipinski definition) is 6. The van der Waals surface area contributed by atoms with Crippen LogP contribution in [-0.2, 0) is 4.79 Å². The largest absolute Gasteiger partial charge is 0.494 e. The first-order chi connectivity index (χ1) is 15.2. The van der Waals surface area contributed by atoms with Gasteiger partial charge in [-0.1, -0.05) is 18.7 Å². The molecule has 3 aromatic rings. The number of furan rings is 1. The Kier molecular flexibility index (Phi) is 6.96. The average molecular weight is 441 g/mol. The van der Waals surface area contributed by atoms with Crippen LogP contribution in [0.15, 0.2) is 52.2 Å². The Morgan fingerprint density at radius 1 is 1.19 bits per heavy atom. The molecule has 1 saturated heterocycles. The average Bonchev–Trinajstić information content (AvgIpc) is 3.48. The van der Waals surface area contributed by atoms with E-state index in [1.54, 1.807) is 6.26 Å². The first kappa shape index (κ1) is 21.5. The number of thioether (sulfide) groups is 1. The molecule has 31 heavy (non-hydrogen) atoms. The van der Waals surface area contributed by atoms with Crippen molar-refractivity contribution in [1.29, 1.82) is 0 Å². The predicted molar refractivity (Wildman–Crippen MR) is 121 cm³/mol. The third kappa shape index (κ3) is 4.79. The van der Waals surface area contributed by atoms with Gasteiger partial charge >= 0.3 is 0 Å². The molecule has 1 aliphatic rings. The Morgan fingerprint density at radius 3 is 2.74 bits per heavy atom. The standard InChI is InChI=1S/C23H28N4O3S/c1-3-17-8-5-6-14-26(17)21(28)16-31-23-25-24-22(20-9-7-15-30-20)27(23)18-10-12-19(13-11-18)29-4-2/h7,9-13,15,17H,3-6,8,14,16H2,1-2H3. The Hall–Kier alpha value is -2.74. The Bertz CT molecular complexity index is 985. The Balaban J connectivity index is 1.58. The van der Waals surface area contributed by atoms with Crippen LogP contribution < -0.4 is 4.74 Å². The second kappa shape index (κ2) is 10.0. The van der Waals surface area contributed by atoms with Crippen LogP contribution in [-0.4, -0.2) is 50.5 Å². The number of likely N-dealkylation sites (tertiary alicyclic amines) is 1. The molecular weight excluding hydrogens is 412 g/mol. The zero-order chi connectivity index (χ0) is 21.6. The summed E-state index contributed by atoms with van der Waals surface area (Å²) in [5, 5.41) is 9.40. The molecule has 7 nitrogen and oxygen atoms in total. The molecule has 0 radical (unpaired) electrons. The number of hydrogen-bond donors (Lipinski definition) is 0. The summed E-state index contributed by atoms with van der Waals surface area (Å²) in [7, 11) is 0. The van der Waals surface area contributed by atoms with Gasteiger partial charge in [0.1, 0.15) is 5.75 Å². The van der Waals surface area contributed by atoms with Crippen LogP contribution >= 0.6 is 11.8 Å². The SMILES string of the molecule is CCOc1ccc(-n2c(SCC(=O)N3CCCCC3CC)nnc2-c2ccco2)cc1. The molecule has 1 aromatic carbocycles. The van der Waals surface area contributed by atoms with E-state index >= 15 is 0 Å². The van der Waals surface area contributed by atoms with Crippen LogP contribution in [0.2, 0.25) is 0 Å². The number of nitrogens with zero attached hydrogens (tertiary/aromatic N) is 4. The molecule has 0 saturated carbocycles. The minimum absolute atomic E-state index is 0.164. The molecule has 0 aliphatic carbocycles. The summed E-state index contributed by atoms with van der Waals surface area (Å²) in [5.41, 5.74) is 0.888. The lowest BCUT2D eigenvalue weighted by Crippen LogP contribution is -2.44. The van der Waals surface area contributed by atoms with E-state index in [0.29, 0.717) is 35.1 Å². The topological polar surface area (TPSA) is 73.4 Å². The van der Waals surface area contributed by atoms with Crippen molar-refractivity contribution in [3.63, 3.8) is 0 Å². The molecule has 8 heteroatoms. The van der Waals surface area contributed by atoms with Crippen molar-refractivity contribution in [2.75, 3.05) is 18.9 Å². The van der Waals surface area contributed by atoms with E-state index in [1.165, 1.54) is 18.2 Å². The van der Waals surface area contributed by atoms with Crippen molar-refractivity contribution in [3.05, 3.63) is 42.7 Å². The summed E-state index contributed by atoms with van der Waals surface area (Å²) in [5.74, 6) is 2.54. The molecule has 0 spiro atoms. The van der Waals surface area contributed by atoms with E-state index < -0.39 is 0 Å². The van der Waals surface area contributed by atoms with Gasteiger partial charge in [0.2, 0.25) is 11.7 Å². The van der Waals surface area contributed by atoms with Gasteiger partial charge in [-0.05, 0) is 69.0 Å². The number of benzene rings is 1. The van der Waals surface area contributed by atoms with Crippen LogP contribution in [0.4, 0.5) is 0 Å². The molecule has 2 aromatic heterocycles. The fourth-order valence-corrected chi connectivity index (χ4v) is 4.82. The summed E-state index contributed by atoms with van der Waals surface area (Å²) in [4.78, 5) is 15.0. The maximum atomic E-state index is 13.0. The zero-order valence-corrected chi connectivity index (χ0v) is 18.8. The Morgan fingerprint density at radius 2 is 2.03 bits per heavy atom. The van der Waals surface area contributed by atoms with Crippen LogP contribution in [0.5, 0.6) is 5.75 Å². The lowest BCUT2D eigenvalue weighted by atomic mass is 10.0. The number of piperidine rings is 1. The van der Waals surface area contributed by atoms with Gasteiger partial charge < -0.3 is 14.1 Å². The number of carbonyl (C=O) groups is 1. The molecule has 0 bridgehead atoms. The molecule has 1 fully saturated rings. The maximum Gasteiger partial charge on any atom is 0.233 e. The van der Waals surface area contributed by atoms with E-state index in [1.807, 2.05) is 52.8 Å². The number of aromatic nitrogens is 3. The van der Waals surface area contributed by atoms with Crippen molar-refractivity contribution >= 4 is 17.7 Å². The van der Waals surface area contributed by atoms with Crippen LogP contribution in [0.3, 0.4) is 0 Å². The van der Waals surface area contributed by atoms with E-state index in [2.05, 4.69) is 17.1 Å². The van der Waals surface area contributed by atoms with E-state index in [-0.39, 0.29) is 5.91 Å². The summed E-state index contributed by atoms with van der Waals surface area (Å²) < 4.78 is 13.1. The maximum absolute atomic E-state index is 13.0. The third-order valence-electron chi connectivity index (χ3n) is 5.52. The molecular formula is C23H28N4O3S. The highest BCUT2D eigenvalue weighted by molar-refractivity contribution is 7.99. The lowest BCUT2D eigenvalue weighted by molar-refractivity contribution is -0.132. The van der Waals surface area contributed by atoms with Crippen LogP contribution in [0.1, 0.15) is 39.5 Å². The van der Waals surface area contributed by atoms with Gasteiger partial charge in [-0.2, -0.15) is 0 Å². The van der Waals surface area contributed by atoms with E-state index in [4.69, 9.17) is 9.15 Å². The first-order valence-corrected chi connectivity index (χ1v) is 11.8. The summed E-state index contributed by atoms with van der Waals surface area (Å²) in [6.45, 7) is 5.57. The van der Waals surface area contributed by atoms with Gasteiger partial charge in [0.05, 0.1) is 24.3 Å². The second-order valence-corrected chi connectivity index (χ2v) is 8.42. The van der Waals surface area contributed by atoms with Crippen LogP contribution in [0, 0.1) is 0 Å². The molecule has 4 rings (SSSR count). The normalized spacial score (nSPS) is 16.5. The third-order valence-corrected chi connectivity index (χ3v) is 6.44. The fraction of sp³-hybridized carbons (Fsp3) is 0.435. The highest BCUT2D eigenvalue weighted by atomic mass is 32.2. The molecule has 3 heterocycles. The van der Waals surface area contributed by atoms with Gasteiger partial charge in [-0.15, -0.1) is 10.2 Å². The first-order valence-electron chi connectivity index (χ1n) is 10.9. The molecule has 164 valence electrons. The number of carbonyl (C=O) groups excluding carboxylic acids is 1. The van der Waals surface area contributed by atoms with Gasteiger partial charge in [0.25, 0.3) is 0 Å². The fourth-order valence-electron chi connectivity index (χ4n) is 3.98. The minimum Gasteiger partial charge on any atom is -0.494 e. The van der Waals surface area contributed by atoms with Gasteiger partial charge in [0, 0.05) is 12.6 Å². The summed E-state index contributed by atoms with van der Waals surface area (Å²) in [6, 6.07) is 11.8. The summed E-state index contributed by atoms with van der Waals surface area (Å²) in [6.07, 6.45) is 6.00. The van der Waals surface area contributed by atoms with Crippen molar-refractivity contribution in [3.8, 4) is 23.0 Å². The predicted octanol–water partition coefficient (Wildman–Crippen LogP) is 4.81. The van der Waals surface area contributed by atoms with Crippen molar-refractivity contribution in [2.24, 2.45) is 0 Å². The number of amides is 1. The van der Waals surface area contributed by atoms with Crippen molar-refractivity contribution in [1.82, 2.24) is 19.7 Å². The number of ether oxygens (including phenoxy) is 1. The number of rotatable bonds is 8. The molecule has 1 unspecified atom stereocenters. The molecule has 1 aliphatic heterocycles. The molecule has 1 amide bonds. The van der Waals surface area contributed by atoms with E-state index in [0.717, 1.165) is 37.2 Å². The van der Waals surface area contributed by atoms with Gasteiger partial charge in [-0.3, -0.25) is 9.36 Å². The van der Waals surface area contributed by atoms with Gasteiger partial charge in [-0.25, -0.2) is 0 Å². The smallest absolute Gasteiger partial charge is 0.233 e. The Labute approximate surface area is 186 Å². The molecule has 1 atom stereocenters. The quantitative estimate of drug-likeness (QED) is 0.468. The monoisotopic (exact) mass is 440 g/mol. The minimum atomic E-state index is 0.164. The zero-order valence-electron chi connectivity index (χ0n) is 18.0. The highest BCUT2D eigenvalue weighted by Crippen LogP contribution is 2.30. The van der Waals surface area contributed by atoms with Crippen LogP contribution in [0.25, 0.3) is 17.3 Å². The van der Waals surface area contributed by atoms with E-state index in [9.17, 15) is 4.79 Å². The summed E-state index contributed by atoms with van der Waals surface area (Å²) >= 11 is 1.41. The second-order valence-electron chi connectivity index (χ2n) is 7.48. The molecule has 0 N–H and O–H groups in total. The highest BCUT2D eigenvalue weighted by Gasteiger charge is 2.26. The van der Waals surface area contributed by atoms with Gasteiger partial charge in [0.15, 0.2) is 10.9 Å².